The Hall–Kier alpha value is -3.50. The molecule has 0 radical (unpaired) electrons. The van der Waals surface area contributed by atoms with Crippen molar-refractivity contribution in [1.82, 2.24) is 0 Å². The highest BCUT2D eigenvalue weighted by atomic mass is 16.6. The van der Waals surface area contributed by atoms with E-state index in [0.29, 0.717) is 36.0 Å². The number of rotatable bonds is 13. The van der Waals surface area contributed by atoms with Crippen molar-refractivity contribution < 1.29 is 48.7 Å². The van der Waals surface area contributed by atoms with Crippen molar-refractivity contribution in [1.29, 1.82) is 0 Å². The van der Waals surface area contributed by atoms with Gasteiger partial charge in [0.05, 0.1) is 29.1 Å². The monoisotopic (exact) mass is 558 g/mol. The molecule has 5 unspecified atom stereocenters. The highest BCUT2D eigenvalue weighted by molar-refractivity contribution is 5.98. The van der Waals surface area contributed by atoms with E-state index in [4.69, 9.17) is 19.3 Å². The van der Waals surface area contributed by atoms with Crippen LogP contribution >= 0.6 is 0 Å². The summed E-state index contributed by atoms with van der Waals surface area (Å²) in [5.74, 6) is -3.98. The molecule has 10 heteroatoms. The number of aliphatic hydroxyl groups excluding tert-OH is 2. The molecule has 1 aliphatic rings. The van der Waals surface area contributed by atoms with Gasteiger partial charge in [-0.2, -0.15) is 0 Å². The first-order chi connectivity index (χ1) is 19.1. The van der Waals surface area contributed by atoms with E-state index >= 15 is 0 Å². The maximum Gasteiger partial charge on any atom is 0.338 e. The SMILES string of the molecule is CCC(C)CC(O)COC(=O)C1CCCCC1C(=O)OCC(O)COC(=O)c1ccc2cc(C(=O)O)ccc2c1. The lowest BCUT2D eigenvalue weighted by Crippen LogP contribution is -2.37. The summed E-state index contributed by atoms with van der Waals surface area (Å²) in [6, 6.07) is 9.18. The van der Waals surface area contributed by atoms with Crippen LogP contribution in [0.25, 0.3) is 10.8 Å². The molecule has 218 valence electrons. The lowest BCUT2D eigenvalue weighted by Gasteiger charge is -2.29. The van der Waals surface area contributed by atoms with Crippen LogP contribution < -0.4 is 0 Å². The molecule has 0 aliphatic heterocycles. The van der Waals surface area contributed by atoms with Crippen LogP contribution in [0.3, 0.4) is 0 Å². The molecule has 10 nitrogen and oxygen atoms in total. The summed E-state index contributed by atoms with van der Waals surface area (Å²) < 4.78 is 15.7. The molecule has 40 heavy (non-hydrogen) atoms. The van der Waals surface area contributed by atoms with Gasteiger partial charge in [-0.05, 0) is 60.2 Å². The largest absolute Gasteiger partial charge is 0.478 e. The standard InChI is InChI=1S/C30H38O10/c1-3-18(2)12-23(31)15-39-29(36)25-6-4-5-7-26(25)30(37)40-17-24(32)16-38-28(35)22-11-9-19-13-21(27(33)34)10-8-20(19)14-22/h8-11,13-14,18,23-26,31-32H,3-7,12,15-17H2,1-2H3,(H,33,34). The molecule has 3 rings (SSSR count). The van der Waals surface area contributed by atoms with Gasteiger partial charge >= 0.3 is 23.9 Å². The third-order valence-corrected chi connectivity index (χ3v) is 7.31. The van der Waals surface area contributed by atoms with Crippen molar-refractivity contribution in [2.75, 3.05) is 19.8 Å². The van der Waals surface area contributed by atoms with Crippen LogP contribution in [0.2, 0.25) is 0 Å². The topological polar surface area (TPSA) is 157 Å². The fraction of sp³-hybridized carbons (Fsp3) is 0.533. The molecule has 0 bridgehead atoms. The summed E-state index contributed by atoms with van der Waals surface area (Å²) in [7, 11) is 0. The summed E-state index contributed by atoms with van der Waals surface area (Å²) >= 11 is 0. The highest BCUT2D eigenvalue weighted by Crippen LogP contribution is 2.32. The molecule has 0 spiro atoms. The highest BCUT2D eigenvalue weighted by Gasteiger charge is 2.38. The first-order valence-electron chi connectivity index (χ1n) is 13.7. The molecule has 1 aliphatic carbocycles. The van der Waals surface area contributed by atoms with E-state index in [1.807, 2.05) is 13.8 Å². The van der Waals surface area contributed by atoms with Crippen molar-refractivity contribution in [2.45, 2.75) is 64.6 Å². The smallest absolute Gasteiger partial charge is 0.338 e. The molecule has 5 atom stereocenters. The summed E-state index contributed by atoms with van der Waals surface area (Å²) in [6.45, 7) is 3.09. The molecule has 0 amide bonds. The van der Waals surface area contributed by atoms with Gasteiger partial charge in [-0.15, -0.1) is 0 Å². The molecule has 3 N–H and O–H groups in total. The van der Waals surface area contributed by atoms with E-state index < -0.39 is 61.1 Å². The van der Waals surface area contributed by atoms with Gasteiger partial charge in [0.15, 0.2) is 0 Å². The first-order valence-corrected chi connectivity index (χ1v) is 13.7. The maximum atomic E-state index is 12.8. The molecule has 0 heterocycles. The van der Waals surface area contributed by atoms with Crippen LogP contribution in [0, 0.1) is 17.8 Å². The Kier molecular flexibility index (Phi) is 11.5. The van der Waals surface area contributed by atoms with Crippen LogP contribution in [0.5, 0.6) is 0 Å². The summed E-state index contributed by atoms with van der Waals surface area (Å²) in [6.07, 6.45) is 1.86. The lowest BCUT2D eigenvalue weighted by molar-refractivity contribution is -0.166. The van der Waals surface area contributed by atoms with E-state index in [0.717, 1.165) is 19.3 Å². The number of aliphatic hydroxyl groups is 2. The average Bonchev–Trinajstić information content (AvgIpc) is 2.96. The quantitative estimate of drug-likeness (QED) is 0.244. The fourth-order valence-corrected chi connectivity index (χ4v) is 4.77. The summed E-state index contributed by atoms with van der Waals surface area (Å²) in [5, 5.41) is 30.7. The second-order valence-corrected chi connectivity index (χ2v) is 10.5. The van der Waals surface area contributed by atoms with Crippen molar-refractivity contribution in [3.05, 3.63) is 47.5 Å². The number of carbonyl (C=O) groups excluding carboxylic acids is 3. The van der Waals surface area contributed by atoms with E-state index in [9.17, 15) is 29.4 Å². The number of aromatic carboxylic acids is 1. The van der Waals surface area contributed by atoms with Crippen LogP contribution in [0.15, 0.2) is 36.4 Å². The minimum atomic E-state index is -1.27. The Balaban J connectivity index is 1.46. The number of carbonyl (C=O) groups is 4. The third-order valence-electron chi connectivity index (χ3n) is 7.31. The molecule has 2 aromatic rings. The van der Waals surface area contributed by atoms with Crippen LogP contribution in [-0.4, -0.2) is 71.2 Å². The van der Waals surface area contributed by atoms with Gasteiger partial charge < -0.3 is 29.5 Å². The van der Waals surface area contributed by atoms with Crippen LogP contribution in [0.4, 0.5) is 0 Å². The molecule has 2 aromatic carbocycles. The predicted molar refractivity (Wildman–Crippen MR) is 145 cm³/mol. The Morgan fingerprint density at radius 1 is 0.800 bits per heavy atom. The first kappa shape index (κ1) is 31.0. The van der Waals surface area contributed by atoms with Gasteiger partial charge in [0, 0.05) is 0 Å². The molecule has 0 aromatic heterocycles. The zero-order chi connectivity index (χ0) is 29.2. The van der Waals surface area contributed by atoms with E-state index in [-0.39, 0.29) is 17.7 Å². The van der Waals surface area contributed by atoms with Crippen molar-refractivity contribution >= 4 is 34.6 Å². The second kappa shape index (κ2) is 14.8. The maximum absolute atomic E-state index is 12.8. The number of fused-ring (bicyclic) bond motifs is 1. The predicted octanol–water partition coefficient (Wildman–Crippen LogP) is 3.75. The Bertz CT molecular complexity index is 1190. The number of carboxylic acids is 1. The minimum absolute atomic E-state index is 0.119. The zero-order valence-electron chi connectivity index (χ0n) is 22.9. The van der Waals surface area contributed by atoms with Crippen molar-refractivity contribution in [3.63, 3.8) is 0 Å². The van der Waals surface area contributed by atoms with Gasteiger partial charge in [-0.1, -0.05) is 45.2 Å². The minimum Gasteiger partial charge on any atom is -0.478 e. The molecule has 1 fully saturated rings. The fourth-order valence-electron chi connectivity index (χ4n) is 4.77. The number of benzene rings is 2. The Labute approximate surface area is 233 Å². The van der Waals surface area contributed by atoms with Gasteiger partial charge in [-0.25, -0.2) is 9.59 Å². The summed E-state index contributed by atoms with van der Waals surface area (Å²) in [4.78, 5) is 49.0. The van der Waals surface area contributed by atoms with Crippen LogP contribution in [-0.2, 0) is 23.8 Å². The van der Waals surface area contributed by atoms with Crippen molar-refractivity contribution in [3.8, 4) is 0 Å². The summed E-state index contributed by atoms with van der Waals surface area (Å²) in [5.41, 5.74) is 0.352. The Morgan fingerprint density at radius 3 is 1.85 bits per heavy atom. The number of hydrogen-bond donors (Lipinski definition) is 3. The van der Waals surface area contributed by atoms with Gasteiger partial charge in [0.1, 0.15) is 25.9 Å². The third kappa shape index (κ3) is 8.76. The van der Waals surface area contributed by atoms with E-state index in [1.54, 1.807) is 18.2 Å². The zero-order valence-corrected chi connectivity index (χ0v) is 22.9. The van der Waals surface area contributed by atoms with E-state index in [1.165, 1.54) is 18.2 Å². The second-order valence-electron chi connectivity index (χ2n) is 10.5. The number of ether oxygens (including phenoxy) is 3. The van der Waals surface area contributed by atoms with Gasteiger partial charge in [0.2, 0.25) is 0 Å². The normalized spacial score (nSPS) is 19.3. The molecular formula is C30H38O10. The Morgan fingerprint density at radius 2 is 1.30 bits per heavy atom. The van der Waals surface area contributed by atoms with Crippen LogP contribution in [0.1, 0.15) is 73.1 Å². The lowest BCUT2D eigenvalue weighted by atomic mass is 9.79. The van der Waals surface area contributed by atoms with Gasteiger partial charge in [0.25, 0.3) is 0 Å². The molecule has 1 saturated carbocycles. The number of esters is 3. The number of hydrogen-bond acceptors (Lipinski definition) is 9. The van der Waals surface area contributed by atoms with Crippen molar-refractivity contribution in [2.24, 2.45) is 17.8 Å². The van der Waals surface area contributed by atoms with E-state index in [2.05, 4.69) is 0 Å². The number of carboxylic acid groups (broad SMARTS) is 1. The molecular weight excluding hydrogens is 520 g/mol. The average molecular weight is 559 g/mol. The van der Waals surface area contributed by atoms with Gasteiger partial charge in [-0.3, -0.25) is 9.59 Å². The molecule has 0 saturated heterocycles.